The first-order chi connectivity index (χ1) is 11.5. The van der Waals surface area contributed by atoms with Gasteiger partial charge in [-0.25, -0.2) is 4.79 Å². The van der Waals surface area contributed by atoms with Crippen LogP contribution in [0.3, 0.4) is 0 Å². The van der Waals surface area contributed by atoms with Crippen molar-refractivity contribution < 1.29 is 19.1 Å². The van der Waals surface area contributed by atoms with Crippen molar-refractivity contribution in [2.45, 2.75) is 13.3 Å². The molecule has 3 rings (SSSR count). The van der Waals surface area contributed by atoms with Crippen molar-refractivity contribution in [3.05, 3.63) is 59.2 Å². The van der Waals surface area contributed by atoms with Crippen molar-refractivity contribution in [1.82, 2.24) is 0 Å². The van der Waals surface area contributed by atoms with Gasteiger partial charge in [0, 0.05) is 11.4 Å². The standard InChI is InChI=1S/C9H8N2O2.C9H10O2/c12-5-10-7-1-2-8-6(3-7)4-9(13)11-8;1-7-3-5-8(6-4-7)9(10)11-2/h1-3,5H,4H2,(H,10,12)(H,11,13);3-6H,1-2H3. The van der Waals surface area contributed by atoms with Crippen LogP contribution in [0.4, 0.5) is 11.4 Å². The van der Waals surface area contributed by atoms with Crippen molar-refractivity contribution in [3.63, 3.8) is 0 Å². The fourth-order valence-corrected chi connectivity index (χ4v) is 2.19. The van der Waals surface area contributed by atoms with Crippen LogP contribution in [0.25, 0.3) is 0 Å². The van der Waals surface area contributed by atoms with Crippen LogP contribution < -0.4 is 10.6 Å². The van der Waals surface area contributed by atoms with E-state index >= 15 is 0 Å². The Hall–Kier alpha value is -3.15. The Balaban J connectivity index is 0.000000177. The highest BCUT2D eigenvalue weighted by Crippen LogP contribution is 2.25. The van der Waals surface area contributed by atoms with Crippen LogP contribution in [0.2, 0.25) is 0 Å². The van der Waals surface area contributed by atoms with Gasteiger partial charge in [-0.2, -0.15) is 0 Å². The van der Waals surface area contributed by atoms with E-state index in [1.807, 2.05) is 19.1 Å². The minimum atomic E-state index is -0.287. The summed E-state index contributed by atoms with van der Waals surface area (Å²) in [5, 5.41) is 5.24. The number of amides is 2. The van der Waals surface area contributed by atoms with Crippen molar-refractivity contribution in [2.75, 3.05) is 17.7 Å². The number of aryl methyl sites for hydroxylation is 1. The summed E-state index contributed by atoms with van der Waals surface area (Å²) >= 11 is 0. The van der Waals surface area contributed by atoms with Gasteiger partial charge < -0.3 is 15.4 Å². The molecule has 0 aromatic heterocycles. The Kier molecular flexibility index (Phi) is 5.68. The van der Waals surface area contributed by atoms with Crippen LogP contribution in [0, 0.1) is 6.92 Å². The number of esters is 1. The second-order valence-electron chi connectivity index (χ2n) is 5.22. The maximum Gasteiger partial charge on any atom is 0.337 e. The average Bonchev–Trinajstić information content (AvgIpc) is 2.95. The van der Waals surface area contributed by atoms with Gasteiger partial charge in [0.15, 0.2) is 0 Å². The number of hydrogen-bond acceptors (Lipinski definition) is 4. The molecule has 1 aliphatic rings. The van der Waals surface area contributed by atoms with E-state index in [0.29, 0.717) is 24.1 Å². The summed E-state index contributed by atoms with van der Waals surface area (Å²) in [6.45, 7) is 1.97. The Bertz CT molecular complexity index is 754. The van der Waals surface area contributed by atoms with E-state index in [9.17, 15) is 14.4 Å². The van der Waals surface area contributed by atoms with E-state index in [1.165, 1.54) is 7.11 Å². The molecule has 0 aliphatic carbocycles. The van der Waals surface area contributed by atoms with Crippen LogP contribution in [-0.4, -0.2) is 25.4 Å². The number of carbonyl (C=O) groups excluding carboxylic acids is 3. The van der Waals surface area contributed by atoms with Gasteiger partial charge in [-0.1, -0.05) is 17.7 Å². The molecule has 2 aromatic carbocycles. The second-order valence-corrected chi connectivity index (χ2v) is 5.22. The predicted octanol–water partition coefficient (Wildman–Crippen LogP) is 2.53. The van der Waals surface area contributed by atoms with Gasteiger partial charge in [0.25, 0.3) is 0 Å². The minimum Gasteiger partial charge on any atom is -0.465 e. The lowest BCUT2D eigenvalue weighted by molar-refractivity contribution is -0.115. The summed E-state index contributed by atoms with van der Waals surface area (Å²) in [7, 11) is 1.38. The first-order valence-electron chi connectivity index (χ1n) is 7.31. The first-order valence-corrected chi connectivity index (χ1v) is 7.31. The summed E-state index contributed by atoms with van der Waals surface area (Å²) in [6.07, 6.45) is 1.01. The van der Waals surface area contributed by atoms with E-state index in [-0.39, 0.29) is 11.9 Å². The number of carbonyl (C=O) groups is 3. The Labute approximate surface area is 139 Å². The van der Waals surface area contributed by atoms with E-state index in [1.54, 1.807) is 30.3 Å². The molecule has 0 saturated carbocycles. The maximum absolute atomic E-state index is 11.0. The summed E-state index contributed by atoms with van der Waals surface area (Å²) in [6, 6.07) is 12.6. The first kappa shape index (κ1) is 17.2. The molecule has 0 saturated heterocycles. The molecule has 1 heterocycles. The molecular weight excluding hydrogens is 308 g/mol. The zero-order valence-electron chi connectivity index (χ0n) is 13.5. The molecule has 6 nitrogen and oxygen atoms in total. The van der Waals surface area contributed by atoms with Gasteiger partial charge in [0.1, 0.15) is 0 Å². The smallest absolute Gasteiger partial charge is 0.337 e. The topological polar surface area (TPSA) is 84.5 Å². The van der Waals surface area contributed by atoms with Crippen molar-refractivity contribution in [1.29, 1.82) is 0 Å². The second kappa shape index (κ2) is 7.92. The number of benzene rings is 2. The van der Waals surface area contributed by atoms with Crippen LogP contribution >= 0.6 is 0 Å². The van der Waals surface area contributed by atoms with Crippen molar-refractivity contribution >= 4 is 29.7 Å². The van der Waals surface area contributed by atoms with E-state index in [0.717, 1.165) is 16.8 Å². The molecule has 0 spiro atoms. The van der Waals surface area contributed by atoms with Gasteiger partial charge in [-0.05, 0) is 42.8 Å². The predicted molar refractivity (Wildman–Crippen MR) is 91.0 cm³/mol. The molecule has 2 N–H and O–H groups in total. The van der Waals surface area contributed by atoms with E-state index < -0.39 is 0 Å². The third-order valence-corrected chi connectivity index (χ3v) is 3.43. The quantitative estimate of drug-likeness (QED) is 0.670. The summed E-state index contributed by atoms with van der Waals surface area (Å²) in [5.41, 5.74) is 4.21. The van der Waals surface area contributed by atoms with Gasteiger partial charge in [-0.15, -0.1) is 0 Å². The normalized spacial score (nSPS) is 11.5. The number of methoxy groups -OCH3 is 1. The molecule has 0 bridgehead atoms. The third kappa shape index (κ3) is 4.42. The fraction of sp³-hybridized carbons (Fsp3) is 0.167. The SMILES string of the molecule is COC(=O)c1ccc(C)cc1.O=CNc1ccc2c(c1)CC(=O)N2. The molecule has 6 heteroatoms. The Morgan fingerprint density at radius 2 is 1.92 bits per heavy atom. The monoisotopic (exact) mass is 326 g/mol. The Morgan fingerprint density at radius 3 is 2.54 bits per heavy atom. The number of rotatable bonds is 3. The highest BCUT2D eigenvalue weighted by Gasteiger charge is 2.16. The molecule has 1 aliphatic heterocycles. The van der Waals surface area contributed by atoms with Gasteiger partial charge in [0.05, 0.1) is 19.1 Å². The zero-order valence-corrected chi connectivity index (χ0v) is 13.5. The molecule has 2 aromatic rings. The molecule has 0 unspecified atom stereocenters. The van der Waals surface area contributed by atoms with Crippen molar-refractivity contribution in [2.24, 2.45) is 0 Å². The lowest BCUT2D eigenvalue weighted by Gasteiger charge is -2.01. The molecule has 0 fully saturated rings. The van der Waals surface area contributed by atoms with Gasteiger partial charge in [-0.3, -0.25) is 9.59 Å². The summed E-state index contributed by atoms with van der Waals surface area (Å²) < 4.78 is 4.54. The maximum atomic E-state index is 11.0. The van der Waals surface area contributed by atoms with Crippen LogP contribution in [0.1, 0.15) is 21.5 Å². The fourth-order valence-electron chi connectivity index (χ4n) is 2.19. The largest absolute Gasteiger partial charge is 0.465 e. The number of hydrogen-bond donors (Lipinski definition) is 2. The van der Waals surface area contributed by atoms with E-state index in [2.05, 4.69) is 15.4 Å². The lowest BCUT2D eigenvalue weighted by atomic mass is 10.1. The summed E-state index contributed by atoms with van der Waals surface area (Å²) in [4.78, 5) is 32.0. The lowest BCUT2D eigenvalue weighted by Crippen LogP contribution is -2.03. The number of anilines is 2. The molecular formula is C18H18N2O4. The average molecular weight is 326 g/mol. The van der Waals surface area contributed by atoms with E-state index in [4.69, 9.17) is 0 Å². The molecule has 2 amide bonds. The number of fused-ring (bicyclic) bond motifs is 1. The zero-order chi connectivity index (χ0) is 17.5. The minimum absolute atomic E-state index is 0.00162. The highest BCUT2D eigenvalue weighted by molar-refractivity contribution is 5.99. The Morgan fingerprint density at radius 1 is 1.21 bits per heavy atom. The highest BCUT2D eigenvalue weighted by atomic mass is 16.5. The van der Waals surface area contributed by atoms with Gasteiger partial charge >= 0.3 is 5.97 Å². The molecule has 24 heavy (non-hydrogen) atoms. The molecule has 0 radical (unpaired) electrons. The third-order valence-electron chi connectivity index (χ3n) is 3.43. The number of nitrogens with one attached hydrogen (secondary N) is 2. The van der Waals surface area contributed by atoms with Crippen molar-refractivity contribution in [3.8, 4) is 0 Å². The number of ether oxygens (including phenoxy) is 1. The van der Waals surface area contributed by atoms with Crippen LogP contribution in [0.5, 0.6) is 0 Å². The van der Waals surface area contributed by atoms with Crippen LogP contribution in [0.15, 0.2) is 42.5 Å². The molecule has 124 valence electrons. The molecule has 0 atom stereocenters. The van der Waals surface area contributed by atoms with Crippen LogP contribution in [-0.2, 0) is 20.7 Å². The summed E-state index contributed by atoms with van der Waals surface area (Å²) in [5.74, 6) is -0.289. The van der Waals surface area contributed by atoms with Gasteiger partial charge in [0.2, 0.25) is 12.3 Å².